The van der Waals surface area contributed by atoms with Gasteiger partial charge in [-0.15, -0.1) is 11.8 Å². The highest BCUT2D eigenvalue weighted by Crippen LogP contribution is 2.37. The summed E-state index contributed by atoms with van der Waals surface area (Å²) in [4.78, 5) is 4.18. The minimum atomic E-state index is 0.248. The molecule has 0 amide bonds. The minimum Gasteiger partial charge on any atom is -0.296 e. The van der Waals surface area contributed by atoms with Gasteiger partial charge in [-0.3, -0.25) is 10.3 Å². The number of aromatic nitrogens is 1. The van der Waals surface area contributed by atoms with Gasteiger partial charge in [-0.1, -0.05) is 0 Å². The Kier molecular flexibility index (Phi) is 2.54. The molecule has 0 aliphatic carbocycles. The first-order chi connectivity index (χ1) is 6.58. The van der Waals surface area contributed by atoms with Crippen molar-refractivity contribution in [3.8, 4) is 0 Å². The van der Waals surface area contributed by atoms with Gasteiger partial charge in [0.05, 0.1) is 5.37 Å². The molecule has 1 unspecified atom stereocenters. The van der Waals surface area contributed by atoms with Gasteiger partial charge >= 0.3 is 0 Å². The van der Waals surface area contributed by atoms with Crippen LogP contribution in [0.25, 0.3) is 0 Å². The summed E-state index contributed by atoms with van der Waals surface area (Å²) >= 11 is 1.97. The zero-order chi connectivity index (χ0) is 10.2. The van der Waals surface area contributed by atoms with Crippen LogP contribution >= 0.6 is 11.8 Å². The maximum absolute atomic E-state index is 4.18. The first-order valence-corrected chi connectivity index (χ1v) is 5.93. The van der Waals surface area contributed by atoms with E-state index >= 15 is 0 Å². The molecule has 0 aromatic carbocycles. The predicted octanol–water partition coefficient (Wildman–Crippen LogP) is 2.50. The van der Waals surface area contributed by atoms with Gasteiger partial charge in [-0.2, -0.15) is 0 Å². The standard InChI is InChI=1S/C11H16N2S/c1-8-4-5-12-6-9(8)10-13-11(2,3)7-14-10/h4-6,10,13H,7H2,1-3H3. The van der Waals surface area contributed by atoms with E-state index in [4.69, 9.17) is 0 Å². The van der Waals surface area contributed by atoms with Gasteiger partial charge < -0.3 is 0 Å². The van der Waals surface area contributed by atoms with Gasteiger partial charge in [0.2, 0.25) is 0 Å². The molecule has 1 N–H and O–H groups in total. The SMILES string of the molecule is Cc1ccncc1C1NC(C)(C)CS1. The second-order valence-corrected chi connectivity index (χ2v) is 5.54. The van der Waals surface area contributed by atoms with Crippen LogP contribution in [0.15, 0.2) is 18.5 Å². The zero-order valence-electron chi connectivity index (χ0n) is 8.87. The number of nitrogens with one attached hydrogen (secondary N) is 1. The van der Waals surface area contributed by atoms with Crippen molar-refractivity contribution in [1.29, 1.82) is 0 Å². The van der Waals surface area contributed by atoms with Crippen LogP contribution in [-0.4, -0.2) is 16.3 Å². The van der Waals surface area contributed by atoms with Gasteiger partial charge in [0.15, 0.2) is 0 Å². The molecular formula is C11H16N2S. The van der Waals surface area contributed by atoms with E-state index < -0.39 is 0 Å². The topological polar surface area (TPSA) is 24.9 Å². The number of nitrogens with zero attached hydrogens (tertiary/aromatic N) is 1. The number of pyridine rings is 1. The monoisotopic (exact) mass is 208 g/mol. The normalized spacial score (nSPS) is 25.2. The van der Waals surface area contributed by atoms with Crippen molar-refractivity contribution < 1.29 is 0 Å². The highest BCUT2D eigenvalue weighted by Gasteiger charge is 2.31. The fraction of sp³-hybridized carbons (Fsp3) is 0.545. The van der Waals surface area contributed by atoms with Crippen molar-refractivity contribution in [3.05, 3.63) is 29.6 Å². The number of hydrogen-bond acceptors (Lipinski definition) is 3. The number of aryl methyl sites for hydroxylation is 1. The third-order valence-electron chi connectivity index (χ3n) is 2.49. The van der Waals surface area contributed by atoms with Crippen LogP contribution < -0.4 is 5.32 Å². The summed E-state index contributed by atoms with van der Waals surface area (Å²) in [7, 11) is 0. The van der Waals surface area contributed by atoms with Gasteiger partial charge in [-0.05, 0) is 32.4 Å². The lowest BCUT2D eigenvalue weighted by molar-refractivity contribution is 0.451. The van der Waals surface area contributed by atoms with Gasteiger partial charge in [0.25, 0.3) is 0 Å². The number of rotatable bonds is 1. The van der Waals surface area contributed by atoms with Gasteiger partial charge in [-0.25, -0.2) is 0 Å². The van der Waals surface area contributed by atoms with Crippen molar-refractivity contribution in [1.82, 2.24) is 10.3 Å². The summed E-state index contributed by atoms with van der Waals surface area (Å²) in [6.07, 6.45) is 3.82. The van der Waals surface area contributed by atoms with Crippen LogP contribution in [-0.2, 0) is 0 Å². The Morgan fingerprint density at radius 1 is 1.57 bits per heavy atom. The molecule has 1 aliphatic heterocycles. The van der Waals surface area contributed by atoms with Crippen LogP contribution in [0.5, 0.6) is 0 Å². The molecule has 1 aliphatic rings. The summed E-state index contributed by atoms with van der Waals surface area (Å²) in [6, 6.07) is 2.07. The van der Waals surface area contributed by atoms with E-state index in [1.165, 1.54) is 11.1 Å². The van der Waals surface area contributed by atoms with Crippen LogP contribution in [0.2, 0.25) is 0 Å². The molecule has 1 fully saturated rings. The molecule has 0 radical (unpaired) electrons. The Morgan fingerprint density at radius 2 is 2.36 bits per heavy atom. The van der Waals surface area contributed by atoms with E-state index in [0.717, 1.165) is 5.75 Å². The number of thioether (sulfide) groups is 1. The maximum Gasteiger partial charge on any atom is 0.0811 e. The van der Waals surface area contributed by atoms with E-state index in [9.17, 15) is 0 Å². The van der Waals surface area contributed by atoms with Gasteiger partial charge in [0.1, 0.15) is 0 Å². The molecule has 0 bridgehead atoms. The van der Waals surface area contributed by atoms with Crippen LogP contribution in [0.4, 0.5) is 0 Å². The Labute approximate surface area is 89.5 Å². The first-order valence-electron chi connectivity index (χ1n) is 4.88. The van der Waals surface area contributed by atoms with Crippen molar-refractivity contribution in [2.45, 2.75) is 31.7 Å². The molecule has 1 aromatic rings. The fourth-order valence-corrected chi connectivity index (χ4v) is 3.14. The molecular weight excluding hydrogens is 192 g/mol. The van der Waals surface area contributed by atoms with Crippen molar-refractivity contribution in [2.75, 3.05) is 5.75 Å². The molecule has 1 aromatic heterocycles. The molecule has 0 spiro atoms. The van der Waals surface area contributed by atoms with E-state index in [0.29, 0.717) is 5.37 Å². The van der Waals surface area contributed by atoms with Crippen molar-refractivity contribution in [2.24, 2.45) is 0 Å². The molecule has 2 heterocycles. The first kappa shape index (κ1) is 9.99. The van der Waals surface area contributed by atoms with Gasteiger partial charge in [0, 0.05) is 29.2 Å². The molecule has 14 heavy (non-hydrogen) atoms. The Balaban J connectivity index is 2.22. The Morgan fingerprint density at radius 3 is 2.93 bits per heavy atom. The molecule has 2 rings (SSSR count). The average Bonchev–Trinajstić information content (AvgIpc) is 2.47. The minimum absolute atomic E-state index is 0.248. The molecule has 2 nitrogen and oxygen atoms in total. The lowest BCUT2D eigenvalue weighted by atomic mass is 10.1. The third kappa shape index (κ3) is 1.93. The largest absolute Gasteiger partial charge is 0.296 e. The lowest BCUT2D eigenvalue weighted by Gasteiger charge is -2.19. The summed E-state index contributed by atoms with van der Waals surface area (Å²) in [5.74, 6) is 1.16. The van der Waals surface area contributed by atoms with E-state index in [2.05, 4.69) is 37.1 Å². The highest BCUT2D eigenvalue weighted by atomic mass is 32.2. The van der Waals surface area contributed by atoms with E-state index in [1.807, 2.05) is 24.2 Å². The fourth-order valence-electron chi connectivity index (χ4n) is 1.65. The van der Waals surface area contributed by atoms with Crippen LogP contribution in [0.3, 0.4) is 0 Å². The predicted molar refractivity (Wildman–Crippen MR) is 61.4 cm³/mol. The quantitative estimate of drug-likeness (QED) is 0.767. The second-order valence-electron chi connectivity index (χ2n) is 4.45. The summed E-state index contributed by atoms with van der Waals surface area (Å²) < 4.78 is 0. The lowest BCUT2D eigenvalue weighted by Crippen LogP contribution is -2.36. The molecule has 1 atom stereocenters. The molecule has 76 valence electrons. The molecule has 1 saturated heterocycles. The molecule has 3 heteroatoms. The van der Waals surface area contributed by atoms with Crippen molar-refractivity contribution >= 4 is 11.8 Å². The van der Waals surface area contributed by atoms with Crippen LogP contribution in [0, 0.1) is 6.92 Å². The van der Waals surface area contributed by atoms with E-state index in [1.54, 1.807) is 0 Å². The Bertz CT molecular complexity index is 336. The number of hydrogen-bond donors (Lipinski definition) is 1. The average molecular weight is 208 g/mol. The highest BCUT2D eigenvalue weighted by molar-refractivity contribution is 7.99. The van der Waals surface area contributed by atoms with E-state index in [-0.39, 0.29) is 5.54 Å². The summed E-state index contributed by atoms with van der Waals surface area (Å²) in [5, 5.41) is 4.03. The second kappa shape index (κ2) is 3.55. The summed E-state index contributed by atoms with van der Waals surface area (Å²) in [5.41, 5.74) is 2.89. The van der Waals surface area contributed by atoms with Crippen LogP contribution in [0.1, 0.15) is 30.3 Å². The molecule has 0 saturated carbocycles. The maximum atomic E-state index is 4.18. The smallest absolute Gasteiger partial charge is 0.0811 e. The van der Waals surface area contributed by atoms with Crippen molar-refractivity contribution in [3.63, 3.8) is 0 Å². The summed E-state index contributed by atoms with van der Waals surface area (Å²) in [6.45, 7) is 6.63. The zero-order valence-corrected chi connectivity index (χ0v) is 9.69. The Hall–Kier alpha value is -0.540. The third-order valence-corrected chi connectivity index (χ3v) is 4.09.